The average molecular weight is 291 g/mol. The molecule has 0 aliphatic rings. The van der Waals surface area contributed by atoms with Gasteiger partial charge in [0, 0.05) is 0 Å². The van der Waals surface area contributed by atoms with Crippen molar-refractivity contribution >= 4 is 5.97 Å². The normalized spacial score (nSPS) is 11.5. The van der Waals surface area contributed by atoms with Crippen molar-refractivity contribution in [3.8, 4) is 0 Å². The molecule has 0 saturated heterocycles. The van der Waals surface area contributed by atoms with E-state index in [-0.39, 0.29) is 11.5 Å². The molecule has 0 aliphatic carbocycles. The molecule has 1 aromatic carbocycles. The molecular formula is C15H18FN3O2. The third-order valence-corrected chi connectivity index (χ3v) is 2.80. The summed E-state index contributed by atoms with van der Waals surface area (Å²) in [7, 11) is 0. The molecule has 0 atom stereocenters. The minimum absolute atomic E-state index is 0.182. The van der Waals surface area contributed by atoms with Crippen molar-refractivity contribution in [2.45, 2.75) is 39.8 Å². The van der Waals surface area contributed by atoms with E-state index in [0.29, 0.717) is 12.2 Å². The van der Waals surface area contributed by atoms with Gasteiger partial charge in [-0.15, -0.1) is 5.10 Å². The van der Waals surface area contributed by atoms with Crippen LogP contribution in [0, 0.1) is 12.7 Å². The van der Waals surface area contributed by atoms with Crippen LogP contribution in [0.15, 0.2) is 24.3 Å². The van der Waals surface area contributed by atoms with Crippen LogP contribution >= 0.6 is 0 Å². The van der Waals surface area contributed by atoms with Crippen molar-refractivity contribution in [2.75, 3.05) is 0 Å². The van der Waals surface area contributed by atoms with Crippen LogP contribution in [0.4, 0.5) is 4.39 Å². The van der Waals surface area contributed by atoms with E-state index in [1.807, 2.05) is 0 Å². The zero-order valence-electron chi connectivity index (χ0n) is 12.6. The summed E-state index contributed by atoms with van der Waals surface area (Å²) in [4.78, 5) is 12.0. The third kappa shape index (κ3) is 3.87. The van der Waals surface area contributed by atoms with Crippen molar-refractivity contribution < 1.29 is 13.9 Å². The summed E-state index contributed by atoms with van der Waals surface area (Å²) in [5.41, 5.74) is 0.934. The fourth-order valence-corrected chi connectivity index (χ4v) is 1.83. The van der Waals surface area contributed by atoms with Crippen LogP contribution in [0.1, 0.15) is 42.5 Å². The predicted octanol–water partition coefficient (Wildman–Crippen LogP) is 2.73. The van der Waals surface area contributed by atoms with E-state index in [2.05, 4.69) is 10.3 Å². The van der Waals surface area contributed by atoms with Crippen LogP contribution in [0.3, 0.4) is 0 Å². The van der Waals surface area contributed by atoms with E-state index in [0.717, 1.165) is 5.56 Å². The maximum atomic E-state index is 13.2. The lowest BCUT2D eigenvalue weighted by Gasteiger charge is -2.18. The lowest BCUT2D eigenvalue weighted by molar-refractivity contribution is 0.00618. The number of nitrogens with zero attached hydrogens (tertiary/aromatic N) is 3. The van der Waals surface area contributed by atoms with Crippen molar-refractivity contribution in [3.63, 3.8) is 0 Å². The standard InChI is InChI=1S/C15H18FN3O2/c1-10-13(14(20)21-15(2,3)4)17-18-19(10)9-11-6-5-7-12(16)8-11/h5-8H,9H2,1-4H3. The zero-order valence-corrected chi connectivity index (χ0v) is 12.6. The largest absolute Gasteiger partial charge is 0.455 e. The van der Waals surface area contributed by atoms with Gasteiger partial charge in [-0.25, -0.2) is 13.9 Å². The summed E-state index contributed by atoms with van der Waals surface area (Å²) in [6.07, 6.45) is 0. The maximum absolute atomic E-state index is 13.2. The van der Waals surface area contributed by atoms with E-state index in [9.17, 15) is 9.18 Å². The van der Waals surface area contributed by atoms with Gasteiger partial charge in [-0.2, -0.15) is 0 Å². The van der Waals surface area contributed by atoms with Gasteiger partial charge in [0.05, 0.1) is 12.2 Å². The van der Waals surface area contributed by atoms with Crippen molar-refractivity contribution in [2.24, 2.45) is 0 Å². The number of halogens is 1. The molecule has 112 valence electrons. The molecule has 0 aliphatic heterocycles. The number of rotatable bonds is 3. The highest BCUT2D eigenvalue weighted by atomic mass is 19.1. The average Bonchev–Trinajstić information content (AvgIpc) is 2.69. The molecule has 0 spiro atoms. The highest BCUT2D eigenvalue weighted by Crippen LogP contribution is 2.14. The number of carbonyl (C=O) groups excluding carboxylic acids is 1. The lowest BCUT2D eigenvalue weighted by Crippen LogP contribution is -2.24. The molecule has 2 aromatic rings. The van der Waals surface area contributed by atoms with Gasteiger partial charge in [-0.1, -0.05) is 17.3 Å². The quantitative estimate of drug-likeness (QED) is 0.816. The first-order valence-corrected chi connectivity index (χ1v) is 6.64. The van der Waals surface area contributed by atoms with E-state index in [1.165, 1.54) is 12.1 Å². The minimum atomic E-state index is -0.587. The highest BCUT2D eigenvalue weighted by molar-refractivity contribution is 5.88. The molecule has 0 radical (unpaired) electrons. The summed E-state index contributed by atoms with van der Waals surface area (Å²) in [6, 6.07) is 6.22. The van der Waals surface area contributed by atoms with Gasteiger partial charge in [0.1, 0.15) is 11.4 Å². The maximum Gasteiger partial charge on any atom is 0.361 e. The summed E-state index contributed by atoms with van der Waals surface area (Å²) in [5.74, 6) is -0.817. The molecule has 0 N–H and O–H groups in total. The number of hydrogen-bond donors (Lipinski definition) is 0. The van der Waals surface area contributed by atoms with Crippen molar-refractivity contribution in [1.29, 1.82) is 0 Å². The Hall–Kier alpha value is -2.24. The number of ether oxygens (including phenoxy) is 1. The van der Waals surface area contributed by atoms with E-state index >= 15 is 0 Å². The Balaban J connectivity index is 2.19. The SMILES string of the molecule is Cc1c(C(=O)OC(C)(C)C)nnn1Cc1cccc(F)c1. The zero-order chi connectivity index (χ0) is 15.6. The monoisotopic (exact) mass is 291 g/mol. The second-order valence-electron chi connectivity index (χ2n) is 5.81. The fourth-order valence-electron chi connectivity index (χ4n) is 1.83. The Morgan fingerprint density at radius 3 is 2.71 bits per heavy atom. The first kappa shape index (κ1) is 15.2. The van der Waals surface area contributed by atoms with Crippen molar-refractivity contribution in [3.05, 3.63) is 47.0 Å². The number of hydrogen-bond acceptors (Lipinski definition) is 4. The first-order chi connectivity index (χ1) is 9.76. The molecule has 6 heteroatoms. The number of esters is 1. The van der Waals surface area contributed by atoms with Gasteiger partial charge in [-0.3, -0.25) is 0 Å². The summed E-state index contributed by atoms with van der Waals surface area (Å²) in [6.45, 7) is 7.45. The van der Waals surface area contributed by atoms with Crippen LogP contribution in [0.5, 0.6) is 0 Å². The van der Waals surface area contributed by atoms with Gasteiger partial charge >= 0.3 is 5.97 Å². The van der Waals surface area contributed by atoms with Gasteiger partial charge in [0.15, 0.2) is 5.69 Å². The van der Waals surface area contributed by atoms with Gasteiger partial charge in [-0.05, 0) is 45.4 Å². The fraction of sp³-hybridized carbons (Fsp3) is 0.400. The van der Waals surface area contributed by atoms with Crippen LogP contribution < -0.4 is 0 Å². The van der Waals surface area contributed by atoms with Crippen LogP contribution in [0.2, 0.25) is 0 Å². The molecule has 5 nitrogen and oxygen atoms in total. The van der Waals surface area contributed by atoms with Gasteiger partial charge in [0.2, 0.25) is 0 Å². The lowest BCUT2D eigenvalue weighted by atomic mass is 10.2. The molecule has 0 bridgehead atoms. The van der Waals surface area contributed by atoms with Crippen LogP contribution in [-0.4, -0.2) is 26.6 Å². The molecule has 0 unspecified atom stereocenters. The first-order valence-electron chi connectivity index (χ1n) is 6.64. The minimum Gasteiger partial charge on any atom is -0.455 e. The smallest absolute Gasteiger partial charge is 0.361 e. The Morgan fingerprint density at radius 1 is 1.38 bits per heavy atom. The topological polar surface area (TPSA) is 57.0 Å². The van der Waals surface area contributed by atoms with Crippen molar-refractivity contribution in [1.82, 2.24) is 15.0 Å². The molecule has 0 amide bonds. The molecule has 0 fully saturated rings. The Morgan fingerprint density at radius 2 is 2.10 bits per heavy atom. The predicted molar refractivity (Wildman–Crippen MR) is 75.4 cm³/mol. The summed E-state index contributed by atoms with van der Waals surface area (Å²) < 4.78 is 20.0. The summed E-state index contributed by atoms with van der Waals surface area (Å²) >= 11 is 0. The second-order valence-corrected chi connectivity index (χ2v) is 5.81. The molecule has 1 heterocycles. The van der Waals surface area contributed by atoms with E-state index in [4.69, 9.17) is 4.74 Å². The second kappa shape index (κ2) is 5.63. The molecule has 1 aromatic heterocycles. The van der Waals surface area contributed by atoms with Gasteiger partial charge in [0.25, 0.3) is 0 Å². The van der Waals surface area contributed by atoms with Gasteiger partial charge < -0.3 is 4.74 Å². The molecule has 0 saturated carbocycles. The highest BCUT2D eigenvalue weighted by Gasteiger charge is 2.23. The summed E-state index contributed by atoms with van der Waals surface area (Å²) in [5, 5.41) is 7.80. The number of carbonyl (C=O) groups is 1. The third-order valence-electron chi connectivity index (χ3n) is 2.80. The Kier molecular flexibility index (Phi) is 4.06. The molecule has 2 rings (SSSR count). The van der Waals surface area contributed by atoms with E-state index in [1.54, 1.807) is 44.5 Å². The Bertz CT molecular complexity index is 659. The molecular weight excluding hydrogens is 273 g/mol. The molecule has 21 heavy (non-hydrogen) atoms. The number of benzene rings is 1. The van der Waals surface area contributed by atoms with E-state index < -0.39 is 11.6 Å². The van der Waals surface area contributed by atoms with Crippen LogP contribution in [-0.2, 0) is 11.3 Å². The Labute approximate surface area is 122 Å². The van der Waals surface area contributed by atoms with Crippen LogP contribution in [0.25, 0.3) is 0 Å². The number of aromatic nitrogens is 3.